The molecule has 0 aliphatic heterocycles. The Morgan fingerprint density at radius 3 is 2.36 bits per heavy atom. The topological polar surface area (TPSA) is 33.1 Å². The second kappa shape index (κ2) is 3.06. The minimum absolute atomic E-state index is 0.321. The van der Waals surface area contributed by atoms with Gasteiger partial charge in [0.15, 0.2) is 0 Å². The van der Waals surface area contributed by atoms with E-state index in [0.29, 0.717) is 5.41 Å². The van der Waals surface area contributed by atoms with Gasteiger partial charge < -0.3 is 5.11 Å². The summed E-state index contributed by atoms with van der Waals surface area (Å²) in [6, 6.07) is 3.95. The molecule has 1 saturated carbocycles. The van der Waals surface area contributed by atoms with Crippen molar-refractivity contribution in [1.29, 1.82) is 0 Å². The first-order valence-corrected chi connectivity index (χ1v) is 5.11. The van der Waals surface area contributed by atoms with Gasteiger partial charge in [-0.15, -0.1) is 0 Å². The molecule has 14 heavy (non-hydrogen) atoms. The standard InChI is InChI=1S/C12H17NO/c1-11(2)8-12(14,9-11)7-10-3-5-13-6-4-10/h3-6,14H,7-9H2,1-2H3. The lowest BCUT2D eigenvalue weighted by molar-refractivity contribution is -0.111. The minimum Gasteiger partial charge on any atom is -0.390 e. The first kappa shape index (κ1) is 9.66. The van der Waals surface area contributed by atoms with E-state index >= 15 is 0 Å². The van der Waals surface area contributed by atoms with Gasteiger partial charge in [-0.25, -0.2) is 0 Å². The van der Waals surface area contributed by atoms with E-state index in [1.165, 1.54) is 5.56 Å². The Hall–Kier alpha value is -0.890. The molecule has 1 aromatic rings. The molecule has 0 unspecified atom stereocenters. The van der Waals surface area contributed by atoms with E-state index < -0.39 is 5.60 Å². The molecule has 0 aromatic carbocycles. The van der Waals surface area contributed by atoms with Crippen LogP contribution in [-0.4, -0.2) is 15.7 Å². The molecule has 1 aromatic heterocycles. The van der Waals surface area contributed by atoms with E-state index in [-0.39, 0.29) is 0 Å². The molecule has 0 bridgehead atoms. The van der Waals surface area contributed by atoms with Crippen molar-refractivity contribution < 1.29 is 5.11 Å². The Morgan fingerprint density at radius 1 is 1.29 bits per heavy atom. The first-order valence-electron chi connectivity index (χ1n) is 5.11. The van der Waals surface area contributed by atoms with E-state index in [1.54, 1.807) is 12.4 Å². The lowest BCUT2D eigenvalue weighted by Gasteiger charge is -2.50. The lowest BCUT2D eigenvalue weighted by Crippen LogP contribution is -2.50. The third-order valence-electron chi connectivity index (χ3n) is 2.90. The number of hydrogen-bond donors (Lipinski definition) is 1. The Bertz CT molecular complexity index is 310. The van der Waals surface area contributed by atoms with Gasteiger partial charge in [-0.3, -0.25) is 4.98 Å². The van der Waals surface area contributed by atoms with Gasteiger partial charge in [0, 0.05) is 18.8 Å². The van der Waals surface area contributed by atoms with E-state index in [2.05, 4.69) is 18.8 Å². The third-order valence-corrected chi connectivity index (χ3v) is 2.90. The smallest absolute Gasteiger partial charge is 0.0698 e. The fraction of sp³-hybridized carbons (Fsp3) is 0.583. The first-order chi connectivity index (χ1) is 6.49. The summed E-state index contributed by atoms with van der Waals surface area (Å²) in [4.78, 5) is 3.97. The summed E-state index contributed by atoms with van der Waals surface area (Å²) in [6.07, 6.45) is 6.13. The molecule has 76 valence electrons. The second-order valence-corrected chi connectivity index (χ2v) is 5.27. The van der Waals surface area contributed by atoms with Crippen LogP contribution in [0.2, 0.25) is 0 Å². The van der Waals surface area contributed by atoms with Crippen molar-refractivity contribution >= 4 is 0 Å². The predicted molar refractivity (Wildman–Crippen MR) is 55.9 cm³/mol. The van der Waals surface area contributed by atoms with Gasteiger partial charge in [-0.2, -0.15) is 0 Å². The van der Waals surface area contributed by atoms with Crippen LogP contribution in [0.3, 0.4) is 0 Å². The molecular weight excluding hydrogens is 174 g/mol. The van der Waals surface area contributed by atoms with Crippen molar-refractivity contribution in [2.45, 2.75) is 38.7 Å². The fourth-order valence-electron chi connectivity index (χ4n) is 2.74. The molecule has 2 rings (SSSR count). The number of aliphatic hydroxyl groups is 1. The summed E-state index contributed by atoms with van der Waals surface area (Å²) in [6.45, 7) is 4.40. The Balaban J connectivity index is 2.00. The van der Waals surface area contributed by atoms with Gasteiger partial charge in [0.2, 0.25) is 0 Å². The van der Waals surface area contributed by atoms with Gasteiger partial charge in [0.25, 0.3) is 0 Å². The van der Waals surface area contributed by atoms with Crippen LogP contribution >= 0.6 is 0 Å². The number of hydrogen-bond acceptors (Lipinski definition) is 2. The summed E-state index contributed by atoms with van der Waals surface area (Å²) in [5, 5.41) is 10.2. The summed E-state index contributed by atoms with van der Waals surface area (Å²) in [5.41, 5.74) is 1.03. The molecule has 1 aliphatic carbocycles. The largest absolute Gasteiger partial charge is 0.390 e. The highest BCUT2D eigenvalue weighted by Crippen LogP contribution is 2.49. The lowest BCUT2D eigenvalue weighted by atomic mass is 9.59. The summed E-state index contributed by atoms with van der Waals surface area (Å²) >= 11 is 0. The van der Waals surface area contributed by atoms with Crippen molar-refractivity contribution in [1.82, 2.24) is 4.98 Å². The van der Waals surface area contributed by atoms with E-state index in [4.69, 9.17) is 0 Å². The summed E-state index contributed by atoms with van der Waals surface area (Å²) < 4.78 is 0. The van der Waals surface area contributed by atoms with Gasteiger partial charge in [0.05, 0.1) is 5.60 Å². The minimum atomic E-state index is -0.467. The Morgan fingerprint density at radius 2 is 1.86 bits per heavy atom. The van der Waals surface area contributed by atoms with Crippen molar-refractivity contribution in [2.24, 2.45) is 5.41 Å². The van der Waals surface area contributed by atoms with Gasteiger partial charge in [0.1, 0.15) is 0 Å². The molecule has 1 N–H and O–H groups in total. The average molecular weight is 191 g/mol. The number of pyridine rings is 1. The molecule has 1 aliphatic rings. The molecule has 0 amide bonds. The average Bonchev–Trinajstić information content (AvgIpc) is 2.01. The SMILES string of the molecule is CC1(C)CC(O)(Cc2ccncc2)C1. The van der Waals surface area contributed by atoms with Crippen LogP contribution in [0.15, 0.2) is 24.5 Å². The molecule has 1 heterocycles. The normalized spacial score (nSPS) is 22.8. The zero-order chi connectivity index (χ0) is 10.2. The summed E-state index contributed by atoms with van der Waals surface area (Å²) in [5.74, 6) is 0. The molecule has 0 radical (unpaired) electrons. The highest BCUT2D eigenvalue weighted by molar-refractivity contribution is 5.16. The molecule has 0 spiro atoms. The summed E-state index contributed by atoms with van der Waals surface area (Å²) in [7, 11) is 0. The fourth-order valence-corrected chi connectivity index (χ4v) is 2.74. The maximum atomic E-state index is 10.2. The highest BCUT2D eigenvalue weighted by Gasteiger charge is 2.47. The monoisotopic (exact) mass is 191 g/mol. The van der Waals surface area contributed by atoms with Gasteiger partial charge in [-0.1, -0.05) is 13.8 Å². The highest BCUT2D eigenvalue weighted by atomic mass is 16.3. The molecular formula is C12H17NO. The number of aromatic nitrogens is 1. The van der Waals surface area contributed by atoms with Crippen molar-refractivity contribution in [2.75, 3.05) is 0 Å². The van der Waals surface area contributed by atoms with Crippen molar-refractivity contribution in [3.05, 3.63) is 30.1 Å². The van der Waals surface area contributed by atoms with Crippen LogP contribution in [0.25, 0.3) is 0 Å². The van der Waals surface area contributed by atoms with E-state index in [0.717, 1.165) is 19.3 Å². The number of rotatable bonds is 2. The van der Waals surface area contributed by atoms with E-state index in [9.17, 15) is 5.11 Å². The van der Waals surface area contributed by atoms with Gasteiger partial charge in [-0.05, 0) is 36.0 Å². The van der Waals surface area contributed by atoms with Crippen LogP contribution in [0, 0.1) is 5.41 Å². The second-order valence-electron chi connectivity index (χ2n) is 5.27. The van der Waals surface area contributed by atoms with Crippen LogP contribution in [0.1, 0.15) is 32.3 Å². The maximum Gasteiger partial charge on any atom is 0.0698 e. The molecule has 2 nitrogen and oxygen atoms in total. The molecule has 0 saturated heterocycles. The van der Waals surface area contributed by atoms with Crippen LogP contribution < -0.4 is 0 Å². The quantitative estimate of drug-likeness (QED) is 0.777. The van der Waals surface area contributed by atoms with Crippen molar-refractivity contribution in [3.63, 3.8) is 0 Å². The molecule has 0 atom stereocenters. The predicted octanol–water partition coefficient (Wildman–Crippen LogP) is 2.18. The maximum absolute atomic E-state index is 10.2. The Kier molecular flexibility index (Phi) is 2.11. The van der Waals surface area contributed by atoms with Gasteiger partial charge >= 0.3 is 0 Å². The van der Waals surface area contributed by atoms with Crippen LogP contribution in [0.4, 0.5) is 0 Å². The zero-order valence-corrected chi connectivity index (χ0v) is 8.83. The van der Waals surface area contributed by atoms with Crippen LogP contribution in [-0.2, 0) is 6.42 Å². The molecule has 1 fully saturated rings. The zero-order valence-electron chi connectivity index (χ0n) is 8.83. The Labute approximate surface area is 85.0 Å². The van der Waals surface area contributed by atoms with Crippen molar-refractivity contribution in [3.8, 4) is 0 Å². The van der Waals surface area contributed by atoms with E-state index in [1.807, 2.05) is 12.1 Å². The van der Waals surface area contributed by atoms with Crippen LogP contribution in [0.5, 0.6) is 0 Å². The molecule has 2 heteroatoms. The third kappa shape index (κ3) is 1.95. The number of nitrogens with zero attached hydrogens (tertiary/aromatic N) is 1.